The fourth-order valence-corrected chi connectivity index (χ4v) is 3.15. The monoisotopic (exact) mass is 511 g/mol. The van der Waals surface area contributed by atoms with Gasteiger partial charge >= 0.3 is 12.4 Å². The molecule has 36 heavy (non-hydrogen) atoms. The van der Waals surface area contributed by atoms with Crippen LogP contribution in [0.4, 0.5) is 43.4 Å². The van der Waals surface area contributed by atoms with Gasteiger partial charge in [-0.25, -0.2) is 0 Å². The summed E-state index contributed by atoms with van der Waals surface area (Å²) in [4.78, 5) is 25.3. The van der Waals surface area contributed by atoms with Crippen molar-refractivity contribution >= 4 is 28.9 Å². The van der Waals surface area contributed by atoms with Gasteiger partial charge in [0, 0.05) is 11.4 Å². The molecule has 0 aliphatic rings. The molecule has 3 aromatic rings. The maximum atomic E-state index is 13.0. The first-order valence-electron chi connectivity index (χ1n) is 10.3. The second-order valence-electron chi connectivity index (χ2n) is 7.53. The van der Waals surface area contributed by atoms with Crippen molar-refractivity contribution in [1.29, 1.82) is 0 Å². The number of aliphatic hydroxyl groups is 1. The first-order chi connectivity index (χ1) is 16.9. The number of hydrogen-bond donors (Lipinski definition) is 4. The zero-order valence-electron chi connectivity index (χ0n) is 18.2. The number of carbonyl (C=O) groups excluding carboxylic acids is 2. The third-order valence-corrected chi connectivity index (χ3v) is 4.90. The van der Waals surface area contributed by atoms with Crippen LogP contribution in [0.15, 0.2) is 72.8 Å². The highest BCUT2D eigenvalue weighted by Crippen LogP contribution is 2.32. The number of aliphatic hydroxyl groups excluding tert-OH is 1. The van der Waals surface area contributed by atoms with Gasteiger partial charge in [0.25, 0.3) is 5.91 Å². The molecule has 1 atom stereocenters. The number of carbonyl (C=O) groups is 2. The number of benzene rings is 3. The van der Waals surface area contributed by atoms with Crippen LogP contribution in [-0.4, -0.2) is 29.6 Å². The number of anilines is 3. The molecule has 0 spiro atoms. The Kier molecular flexibility index (Phi) is 7.88. The molecule has 0 aliphatic heterocycles. The van der Waals surface area contributed by atoms with Gasteiger partial charge in [0.15, 0.2) is 0 Å². The van der Waals surface area contributed by atoms with E-state index in [-0.39, 0.29) is 22.6 Å². The summed E-state index contributed by atoms with van der Waals surface area (Å²) in [5.74, 6) is -1.84. The van der Waals surface area contributed by atoms with E-state index in [0.29, 0.717) is 6.07 Å². The SMILES string of the molecule is O=C(NC(CO)C(=O)Nc1cccc(C(F)(F)F)c1)c1ccccc1Nc1cccc(C(F)(F)F)c1. The number of hydrogen-bond acceptors (Lipinski definition) is 4. The van der Waals surface area contributed by atoms with Gasteiger partial charge < -0.3 is 21.1 Å². The van der Waals surface area contributed by atoms with Crippen LogP contribution in [0.1, 0.15) is 21.5 Å². The van der Waals surface area contributed by atoms with Crippen LogP contribution in [0.5, 0.6) is 0 Å². The van der Waals surface area contributed by atoms with E-state index in [4.69, 9.17) is 0 Å². The van der Waals surface area contributed by atoms with Crippen molar-refractivity contribution in [2.75, 3.05) is 17.2 Å². The van der Waals surface area contributed by atoms with Gasteiger partial charge in [-0.05, 0) is 48.5 Å². The Labute approximate surface area is 200 Å². The Morgan fingerprint density at radius 1 is 0.778 bits per heavy atom. The van der Waals surface area contributed by atoms with Crippen LogP contribution in [0, 0.1) is 0 Å². The number of nitrogens with one attached hydrogen (secondary N) is 3. The maximum absolute atomic E-state index is 13.0. The molecular weight excluding hydrogens is 492 g/mol. The number of rotatable bonds is 7. The predicted octanol–water partition coefficient (Wildman–Crippen LogP) is 5.20. The fourth-order valence-electron chi connectivity index (χ4n) is 3.15. The van der Waals surface area contributed by atoms with Crippen molar-refractivity contribution in [3.8, 4) is 0 Å². The van der Waals surface area contributed by atoms with E-state index in [1.165, 1.54) is 42.5 Å². The molecule has 0 aromatic heterocycles. The zero-order valence-corrected chi connectivity index (χ0v) is 18.2. The topological polar surface area (TPSA) is 90.5 Å². The highest BCUT2D eigenvalue weighted by Gasteiger charge is 2.31. The molecular formula is C24H19F6N3O3. The van der Waals surface area contributed by atoms with Crippen molar-refractivity contribution in [3.63, 3.8) is 0 Å². The van der Waals surface area contributed by atoms with E-state index in [1.54, 1.807) is 0 Å². The standard InChI is InChI=1S/C24H19F6N3O3/c25-23(26,27)14-5-3-7-16(11-14)31-19-10-2-1-9-18(19)21(35)33-20(13-34)22(36)32-17-8-4-6-15(12-17)24(28,29)30/h1-12,20,31,34H,13H2,(H,32,36)(H,33,35). The van der Waals surface area contributed by atoms with E-state index in [9.17, 15) is 41.0 Å². The molecule has 0 saturated carbocycles. The minimum atomic E-state index is -4.64. The van der Waals surface area contributed by atoms with Gasteiger partial charge in [0.1, 0.15) is 6.04 Å². The van der Waals surface area contributed by atoms with Crippen LogP contribution < -0.4 is 16.0 Å². The van der Waals surface area contributed by atoms with Crippen molar-refractivity contribution in [2.24, 2.45) is 0 Å². The second kappa shape index (κ2) is 10.7. The van der Waals surface area contributed by atoms with Gasteiger partial charge in [0.05, 0.1) is 29.0 Å². The van der Waals surface area contributed by atoms with Crippen LogP contribution in [0.2, 0.25) is 0 Å². The summed E-state index contributed by atoms with van der Waals surface area (Å²) in [5.41, 5.74) is -2.00. The molecule has 2 amide bonds. The summed E-state index contributed by atoms with van der Waals surface area (Å²) < 4.78 is 77.7. The first kappa shape index (κ1) is 26.5. The zero-order chi connectivity index (χ0) is 26.5. The number of amides is 2. The molecule has 0 saturated heterocycles. The molecule has 0 radical (unpaired) electrons. The van der Waals surface area contributed by atoms with Crippen LogP contribution in [0.3, 0.4) is 0 Å². The third kappa shape index (κ3) is 6.75. The summed E-state index contributed by atoms with van der Waals surface area (Å²) in [6.07, 6.45) is -9.21. The van der Waals surface area contributed by atoms with Gasteiger partial charge in [-0.15, -0.1) is 0 Å². The lowest BCUT2D eigenvalue weighted by molar-refractivity contribution is -0.138. The van der Waals surface area contributed by atoms with E-state index in [0.717, 1.165) is 24.3 Å². The molecule has 0 fully saturated rings. The molecule has 1 unspecified atom stereocenters. The molecule has 0 aliphatic carbocycles. The second-order valence-corrected chi connectivity index (χ2v) is 7.53. The van der Waals surface area contributed by atoms with Gasteiger partial charge in [-0.3, -0.25) is 9.59 Å². The Morgan fingerprint density at radius 3 is 1.92 bits per heavy atom. The lowest BCUT2D eigenvalue weighted by atomic mass is 10.1. The van der Waals surface area contributed by atoms with Gasteiger partial charge in [-0.1, -0.05) is 24.3 Å². The van der Waals surface area contributed by atoms with Crippen LogP contribution >= 0.6 is 0 Å². The number of alkyl halides is 6. The number of para-hydroxylation sites is 1. The smallest absolute Gasteiger partial charge is 0.394 e. The van der Waals surface area contributed by atoms with Gasteiger partial charge in [0.2, 0.25) is 5.91 Å². The van der Waals surface area contributed by atoms with Crippen molar-refractivity contribution < 1.29 is 41.0 Å². The molecule has 0 heterocycles. The Hall–Kier alpha value is -4.06. The number of halogens is 6. The average molecular weight is 511 g/mol. The Balaban J connectivity index is 1.75. The summed E-state index contributed by atoms with van der Waals surface area (Å²) >= 11 is 0. The first-order valence-corrected chi connectivity index (χ1v) is 10.3. The maximum Gasteiger partial charge on any atom is 0.416 e. The summed E-state index contributed by atoms with van der Waals surface area (Å²) in [7, 11) is 0. The van der Waals surface area contributed by atoms with Gasteiger partial charge in [-0.2, -0.15) is 26.3 Å². The third-order valence-electron chi connectivity index (χ3n) is 4.90. The summed E-state index contributed by atoms with van der Waals surface area (Å²) in [6, 6.07) is 12.3. The van der Waals surface area contributed by atoms with Crippen LogP contribution in [0.25, 0.3) is 0 Å². The molecule has 12 heteroatoms. The molecule has 3 rings (SSSR count). The summed E-state index contributed by atoms with van der Waals surface area (Å²) in [5, 5.41) is 16.8. The predicted molar refractivity (Wildman–Crippen MR) is 120 cm³/mol. The van der Waals surface area contributed by atoms with Crippen molar-refractivity contribution in [3.05, 3.63) is 89.5 Å². The van der Waals surface area contributed by atoms with Crippen molar-refractivity contribution in [2.45, 2.75) is 18.4 Å². The van der Waals surface area contributed by atoms with E-state index in [2.05, 4.69) is 16.0 Å². The molecule has 6 nitrogen and oxygen atoms in total. The summed E-state index contributed by atoms with van der Waals surface area (Å²) in [6.45, 7) is -0.875. The van der Waals surface area contributed by atoms with Crippen molar-refractivity contribution in [1.82, 2.24) is 5.32 Å². The highest BCUT2D eigenvalue weighted by atomic mass is 19.4. The van der Waals surface area contributed by atoms with E-state index < -0.39 is 47.9 Å². The molecule has 0 bridgehead atoms. The molecule has 190 valence electrons. The minimum absolute atomic E-state index is 0.0473. The molecule has 3 aromatic carbocycles. The Morgan fingerprint density at radius 2 is 1.33 bits per heavy atom. The lowest BCUT2D eigenvalue weighted by Gasteiger charge is -2.18. The van der Waals surface area contributed by atoms with E-state index in [1.807, 2.05) is 0 Å². The minimum Gasteiger partial charge on any atom is -0.394 e. The fraction of sp³-hybridized carbons (Fsp3) is 0.167. The largest absolute Gasteiger partial charge is 0.416 e. The quantitative estimate of drug-likeness (QED) is 0.329. The van der Waals surface area contributed by atoms with Crippen LogP contribution in [-0.2, 0) is 17.1 Å². The highest BCUT2D eigenvalue weighted by molar-refractivity contribution is 6.04. The van der Waals surface area contributed by atoms with E-state index >= 15 is 0 Å². The Bertz CT molecular complexity index is 1240. The normalized spacial score (nSPS) is 12.5. The lowest BCUT2D eigenvalue weighted by Crippen LogP contribution is -2.46. The molecule has 4 N–H and O–H groups in total. The average Bonchev–Trinajstić information content (AvgIpc) is 2.82.